The highest BCUT2D eigenvalue weighted by Gasteiger charge is 2.18. The normalized spacial score (nSPS) is 11.2. The van der Waals surface area contributed by atoms with E-state index in [-0.39, 0.29) is 18.9 Å². The fourth-order valence-electron chi connectivity index (χ4n) is 2.54. The SMILES string of the molecule is COc1ccc(CNC(=O)[C@@H](C)OC(=O)COc2ccc(C(C)=O)cc2)cc1OC. The second kappa shape index (κ2) is 10.8. The summed E-state index contributed by atoms with van der Waals surface area (Å²) in [4.78, 5) is 35.4. The number of benzene rings is 2. The molecule has 0 saturated carbocycles. The number of esters is 1. The molecule has 0 heterocycles. The number of rotatable bonds is 10. The van der Waals surface area contributed by atoms with Crippen LogP contribution in [0.3, 0.4) is 0 Å². The van der Waals surface area contributed by atoms with Crippen LogP contribution in [0.5, 0.6) is 17.2 Å². The van der Waals surface area contributed by atoms with Crippen LogP contribution in [-0.4, -0.2) is 44.6 Å². The largest absolute Gasteiger partial charge is 0.493 e. The van der Waals surface area contributed by atoms with Crippen molar-refractivity contribution in [2.45, 2.75) is 26.5 Å². The molecule has 1 amide bonds. The van der Waals surface area contributed by atoms with Crippen LogP contribution in [0.1, 0.15) is 29.8 Å². The van der Waals surface area contributed by atoms with Gasteiger partial charge in [-0.05, 0) is 55.8 Å². The van der Waals surface area contributed by atoms with E-state index in [2.05, 4.69) is 5.32 Å². The molecule has 30 heavy (non-hydrogen) atoms. The molecule has 0 fully saturated rings. The molecule has 0 aliphatic heterocycles. The average Bonchev–Trinajstić information content (AvgIpc) is 2.75. The summed E-state index contributed by atoms with van der Waals surface area (Å²) in [6, 6.07) is 11.7. The van der Waals surface area contributed by atoms with Crippen LogP contribution in [0.4, 0.5) is 0 Å². The maximum atomic E-state index is 12.2. The van der Waals surface area contributed by atoms with Gasteiger partial charge in [-0.15, -0.1) is 0 Å². The minimum Gasteiger partial charge on any atom is -0.493 e. The zero-order valence-electron chi connectivity index (χ0n) is 17.4. The van der Waals surface area contributed by atoms with Gasteiger partial charge in [-0.25, -0.2) is 4.79 Å². The van der Waals surface area contributed by atoms with Gasteiger partial charge in [0.05, 0.1) is 14.2 Å². The molecule has 2 aromatic carbocycles. The molecule has 2 rings (SSSR count). The second-order valence-electron chi connectivity index (χ2n) is 6.41. The monoisotopic (exact) mass is 415 g/mol. The molecule has 0 aromatic heterocycles. The Kier molecular flexibility index (Phi) is 8.22. The number of nitrogens with one attached hydrogen (secondary N) is 1. The molecule has 8 heteroatoms. The van der Waals surface area contributed by atoms with Gasteiger partial charge in [0.25, 0.3) is 5.91 Å². The predicted molar refractivity (Wildman–Crippen MR) is 109 cm³/mol. The van der Waals surface area contributed by atoms with Crippen LogP contribution >= 0.6 is 0 Å². The third kappa shape index (κ3) is 6.51. The number of hydrogen-bond acceptors (Lipinski definition) is 7. The van der Waals surface area contributed by atoms with Gasteiger partial charge in [-0.3, -0.25) is 9.59 Å². The third-order valence-corrected chi connectivity index (χ3v) is 4.21. The smallest absolute Gasteiger partial charge is 0.344 e. The van der Waals surface area contributed by atoms with E-state index in [0.29, 0.717) is 22.8 Å². The number of carbonyl (C=O) groups is 3. The lowest BCUT2D eigenvalue weighted by atomic mass is 10.1. The molecule has 0 unspecified atom stereocenters. The summed E-state index contributed by atoms with van der Waals surface area (Å²) in [5.41, 5.74) is 1.35. The van der Waals surface area contributed by atoms with Gasteiger partial charge < -0.3 is 24.3 Å². The molecule has 160 valence electrons. The molecule has 0 saturated heterocycles. The fraction of sp³-hybridized carbons (Fsp3) is 0.318. The average molecular weight is 415 g/mol. The molecule has 0 aliphatic carbocycles. The number of carbonyl (C=O) groups excluding carboxylic acids is 3. The van der Waals surface area contributed by atoms with Gasteiger partial charge in [0.1, 0.15) is 5.75 Å². The zero-order chi connectivity index (χ0) is 22.1. The van der Waals surface area contributed by atoms with Crippen LogP contribution in [0.15, 0.2) is 42.5 Å². The van der Waals surface area contributed by atoms with Crippen LogP contribution in [-0.2, 0) is 20.9 Å². The first kappa shape index (κ1) is 22.7. The summed E-state index contributed by atoms with van der Waals surface area (Å²) < 4.78 is 20.8. The first-order valence-electron chi connectivity index (χ1n) is 9.26. The molecule has 0 bridgehead atoms. The highest BCUT2D eigenvalue weighted by atomic mass is 16.6. The standard InChI is InChI=1S/C22H25NO7/c1-14(24)17-6-8-18(9-7-17)29-13-21(25)30-15(2)22(26)23-12-16-5-10-19(27-3)20(11-16)28-4/h5-11,15H,12-13H2,1-4H3,(H,23,26)/t15-/m1/s1. The first-order chi connectivity index (χ1) is 14.3. The topological polar surface area (TPSA) is 100 Å². The Labute approximate surface area is 175 Å². The quantitative estimate of drug-likeness (QED) is 0.470. The van der Waals surface area contributed by atoms with Crippen molar-refractivity contribution in [2.75, 3.05) is 20.8 Å². The molecular formula is C22H25NO7. The van der Waals surface area contributed by atoms with Gasteiger partial charge in [-0.2, -0.15) is 0 Å². The summed E-state index contributed by atoms with van der Waals surface area (Å²) in [6.07, 6.45) is -0.985. The van der Waals surface area contributed by atoms with Crippen molar-refractivity contribution in [2.24, 2.45) is 0 Å². The minimum atomic E-state index is -0.985. The molecule has 1 N–H and O–H groups in total. The Bertz CT molecular complexity index is 893. The zero-order valence-corrected chi connectivity index (χ0v) is 17.4. The van der Waals surface area contributed by atoms with E-state index in [0.717, 1.165) is 5.56 Å². The maximum Gasteiger partial charge on any atom is 0.344 e. The molecule has 0 aliphatic rings. The third-order valence-electron chi connectivity index (χ3n) is 4.21. The van der Waals surface area contributed by atoms with Crippen LogP contribution in [0, 0.1) is 0 Å². The highest BCUT2D eigenvalue weighted by molar-refractivity contribution is 5.94. The van der Waals surface area contributed by atoms with Crippen LogP contribution in [0.25, 0.3) is 0 Å². The van der Waals surface area contributed by atoms with Gasteiger partial charge in [0.2, 0.25) is 0 Å². The fourth-order valence-corrected chi connectivity index (χ4v) is 2.54. The number of hydrogen-bond donors (Lipinski definition) is 1. The van der Waals surface area contributed by atoms with Crippen LogP contribution < -0.4 is 19.5 Å². The lowest BCUT2D eigenvalue weighted by Crippen LogP contribution is -2.36. The first-order valence-corrected chi connectivity index (χ1v) is 9.26. The van der Waals surface area contributed by atoms with Crippen molar-refractivity contribution in [3.05, 3.63) is 53.6 Å². The number of amides is 1. The van der Waals surface area contributed by atoms with Crippen molar-refractivity contribution < 1.29 is 33.3 Å². The maximum absolute atomic E-state index is 12.2. The lowest BCUT2D eigenvalue weighted by Gasteiger charge is -2.15. The van der Waals surface area contributed by atoms with E-state index < -0.39 is 18.0 Å². The van der Waals surface area contributed by atoms with Crippen molar-refractivity contribution in [1.29, 1.82) is 0 Å². The van der Waals surface area contributed by atoms with E-state index in [9.17, 15) is 14.4 Å². The number of Topliss-reactive ketones (excluding diaryl/α,β-unsaturated/α-hetero) is 1. The molecule has 8 nitrogen and oxygen atoms in total. The molecule has 1 atom stereocenters. The Morgan fingerprint density at radius 2 is 1.63 bits per heavy atom. The summed E-state index contributed by atoms with van der Waals surface area (Å²) in [6.45, 7) is 2.82. The highest BCUT2D eigenvalue weighted by Crippen LogP contribution is 2.27. The van der Waals surface area contributed by atoms with E-state index >= 15 is 0 Å². The van der Waals surface area contributed by atoms with E-state index in [1.165, 1.54) is 21.0 Å². The van der Waals surface area contributed by atoms with Crippen LogP contribution in [0.2, 0.25) is 0 Å². The molecular weight excluding hydrogens is 390 g/mol. The summed E-state index contributed by atoms with van der Waals surface area (Å²) >= 11 is 0. The molecule has 2 aromatic rings. The van der Waals surface area contributed by atoms with Gasteiger partial charge in [0.15, 0.2) is 30.0 Å². The molecule has 0 radical (unpaired) electrons. The number of methoxy groups -OCH3 is 2. The van der Waals surface area contributed by atoms with E-state index in [1.807, 2.05) is 0 Å². The predicted octanol–water partition coefficient (Wildman–Crippen LogP) is 2.53. The Balaban J connectivity index is 1.79. The number of ether oxygens (including phenoxy) is 4. The number of ketones is 1. The van der Waals surface area contributed by atoms with Crippen molar-refractivity contribution in [1.82, 2.24) is 5.32 Å². The molecule has 0 spiro atoms. The Morgan fingerprint density at radius 3 is 2.23 bits per heavy atom. The minimum absolute atomic E-state index is 0.0612. The van der Waals surface area contributed by atoms with Gasteiger partial charge in [0, 0.05) is 12.1 Å². The van der Waals surface area contributed by atoms with Crippen molar-refractivity contribution >= 4 is 17.7 Å². The van der Waals surface area contributed by atoms with Gasteiger partial charge in [-0.1, -0.05) is 6.07 Å². The summed E-state index contributed by atoms with van der Waals surface area (Å²) in [7, 11) is 3.07. The summed E-state index contributed by atoms with van der Waals surface area (Å²) in [5, 5.41) is 2.70. The lowest BCUT2D eigenvalue weighted by molar-refractivity contribution is -0.156. The second-order valence-corrected chi connectivity index (χ2v) is 6.41. The Morgan fingerprint density at radius 1 is 0.967 bits per heavy atom. The summed E-state index contributed by atoms with van der Waals surface area (Å²) in [5.74, 6) is 0.378. The van der Waals surface area contributed by atoms with Crippen molar-refractivity contribution in [3.63, 3.8) is 0 Å². The Hall–Kier alpha value is -3.55. The van der Waals surface area contributed by atoms with Gasteiger partial charge >= 0.3 is 5.97 Å². The van der Waals surface area contributed by atoms with Crippen molar-refractivity contribution in [3.8, 4) is 17.2 Å². The van der Waals surface area contributed by atoms with E-state index in [4.69, 9.17) is 18.9 Å². The van der Waals surface area contributed by atoms with E-state index in [1.54, 1.807) is 49.6 Å².